The van der Waals surface area contributed by atoms with Crippen LogP contribution < -0.4 is 0 Å². The zero-order chi connectivity index (χ0) is 22.1. The standard InChI is InChI=1S/C21H20N4O5S/c1-12(2)17-15-10-16(31-21-22-8-3-9-23-21)18(24(15)19(17)26)20(27)30-11-13-4-6-14(7-5-13)25(28)29/h3-9,12,15,17H,10-11H2,1-2H3. The Labute approximate surface area is 182 Å². The fraction of sp³-hybridized carbons (Fsp3) is 0.333. The maximum atomic E-state index is 13.0. The molecule has 1 aromatic heterocycles. The molecule has 0 aliphatic carbocycles. The predicted octanol–water partition coefficient (Wildman–Crippen LogP) is 3.32. The number of non-ortho nitro benzene ring substituents is 1. The number of nitrogens with zero attached hydrogens (tertiary/aromatic N) is 4. The van der Waals surface area contributed by atoms with Crippen LogP contribution in [0.3, 0.4) is 0 Å². The summed E-state index contributed by atoms with van der Waals surface area (Å²) in [7, 11) is 0. The van der Waals surface area contributed by atoms with Crippen molar-refractivity contribution in [2.75, 3.05) is 0 Å². The Kier molecular flexibility index (Phi) is 5.73. The number of benzene rings is 1. The zero-order valence-electron chi connectivity index (χ0n) is 16.9. The molecule has 0 spiro atoms. The van der Waals surface area contributed by atoms with Gasteiger partial charge in [0.15, 0.2) is 5.16 Å². The van der Waals surface area contributed by atoms with Crippen molar-refractivity contribution < 1.29 is 19.2 Å². The maximum Gasteiger partial charge on any atom is 0.356 e. The molecule has 2 atom stereocenters. The molecule has 31 heavy (non-hydrogen) atoms. The number of amides is 1. The van der Waals surface area contributed by atoms with Crippen LogP contribution in [0.25, 0.3) is 0 Å². The predicted molar refractivity (Wildman–Crippen MR) is 111 cm³/mol. The Morgan fingerprint density at radius 1 is 1.29 bits per heavy atom. The van der Waals surface area contributed by atoms with Crippen molar-refractivity contribution >= 4 is 29.3 Å². The number of nitro benzene ring substituents is 1. The van der Waals surface area contributed by atoms with E-state index < -0.39 is 10.9 Å². The van der Waals surface area contributed by atoms with Crippen LogP contribution in [0.2, 0.25) is 0 Å². The van der Waals surface area contributed by atoms with Gasteiger partial charge in [-0.05, 0) is 29.7 Å². The van der Waals surface area contributed by atoms with Crippen molar-refractivity contribution in [2.45, 2.75) is 38.1 Å². The SMILES string of the molecule is CC(C)C1C(=O)N2C(C(=O)OCc3ccc([N+](=O)[O-])cc3)=C(Sc3ncccn3)CC12. The van der Waals surface area contributed by atoms with E-state index in [9.17, 15) is 19.7 Å². The van der Waals surface area contributed by atoms with Gasteiger partial charge in [0.25, 0.3) is 5.69 Å². The minimum Gasteiger partial charge on any atom is -0.456 e. The summed E-state index contributed by atoms with van der Waals surface area (Å²) >= 11 is 1.27. The number of carbonyl (C=O) groups is 2. The van der Waals surface area contributed by atoms with E-state index in [0.29, 0.717) is 22.0 Å². The first kappa shape index (κ1) is 21.0. The average molecular weight is 440 g/mol. The number of ether oxygens (including phenoxy) is 1. The van der Waals surface area contributed by atoms with E-state index in [1.807, 2.05) is 13.8 Å². The van der Waals surface area contributed by atoms with E-state index in [0.717, 1.165) is 0 Å². The number of β-lactam (4-membered cyclic amide) rings is 1. The Bertz CT molecular complexity index is 1060. The van der Waals surface area contributed by atoms with Crippen molar-refractivity contribution in [3.63, 3.8) is 0 Å². The third-order valence-corrected chi connectivity index (χ3v) is 6.35. The lowest BCUT2D eigenvalue weighted by Crippen LogP contribution is -2.60. The van der Waals surface area contributed by atoms with E-state index in [4.69, 9.17) is 4.74 Å². The second-order valence-corrected chi connectivity index (χ2v) is 8.72. The molecule has 0 saturated carbocycles. The first-order valence-electron chi connectivity index (χ1n) is 9.78. The van der Waals surface area contributed by atoms with Crippen LogP contribution in [-0.2, 0) is 20.9 Å². The first-order chi connectivity index (χ1) is 14.9. The van der Waals surface area contributed by atoms with Gasteiger partial charge in [0.05, 0.1) is 16.9 Å². The quantitative estimate of drug-likeness (QED) is 0.212. The second kappa shape index (κ2) is 8.46. The van der Waals surface area contributed by atoms with Crippen LogP contribution >= 0.6 is 11.8 Å². The van der Waals surface area contributed by atoms with E-state index in [-0.39, 0.29) is 41.8 Å². The number of nitro groups is 1. The highest BCUT2D eigenvalue weighted by molar-refractivity contribution is 8.03. The van der Waals surface area contributed by atoms with Gasteiger partial charge in [0, 0.05) is 35.9 Å². The largest absolute Gasteiger partial charge is 0.456 e. The van der Waals surface area contributed by atoms with Gasteiger partial charge in [-0.25, -0.2) is 14.8 Å². The molecule has 4 rings (SSSR count). The molecule has 3 heterocycles. The minimum atomic E-state index is -0.602. The molecule has 1 fully saturated rings. The molecule has 2 aromatic rings. The molecular formula is C21H20N4O5S. The second-order valence-electron chi connectivity index (χ2n) is 7.65. The molecule has 9 nitrogen and oxygen atoms in total. The summed E-state index contributed by atoms with van der Waals surface area (Å²) < 4.78 is 5.46. The number of carbonyl (C=O) groups excluding carboxylic acids is 2. The number of hydrogen-bond donors (Lipinski definition) is 0. The molecular weight excluding hydrogens is 420 g/mol. The van der Waals surface area contributed by atoms with Gasteiger partial charge in [0.1, 0.15) is 12.3 Å². The highest BCUT2D eigenvalue weighted by Crippen LogP contribution is 2.49. The summed E-state index contributed by atoms with van der Waals surface area (Å²) in [5.74, 6) is -0.641. The smallest absolute Gasteiger partial charge is 0.356 e. The van der Waals surface area contributed by atoms with E-state index in [1.54, 1.807) is 18.5 Å². The van der Waals surface area contributed by atoms with Crippen LogP contribution in [0.15, 0.2) is 58.5 Å². The van der Waals surface area contributed by atoms with Crippen LogP contribution in [-0.4, -0.2) is 37.7 Å². The third-order valence-electron chi connectivity index (χ3n) is 5.35. The van der Waals surface area contributed by atoms with Crippen molar-refractivity contribution in [3.05, 3.63) is 69.0 Å². The van der Waals surface area contributed by atoms with E-state index >= 15 is 0 Å². The normalized spacial score (nSPS) is 20.0. The molecule has 0 N–H and O–H groups in total. The first-order valence-corrected chi connectivity index (χ1v) is 10.6. The minimum absolute atomic E-state index is 0.0381. The summed E-state index contributed by atoms with van der Waals surface area (Å²) in [6.45, 7) is 3.94. The number of thioether (sulfide) groups is 1. The van der Waals surface area contributed by atoms with Crippen molar-refractivity contribution in [1.29, 1.82) is 0 Å². The average Bonchev–Trinajstić information content (AvgIpc) is 3.06. The van der Waals surface area contributed by atoms with Gasteiger partial charge < -0.3 is 9.64 Å². The summed E-state index contributed by atoms with van der Waals surface area (Å²) in [5.41, 5.74) is 0.819. The Balaban J connectivity index is 1.54. The van der Waals surface area contributed by atoms with E-state index in [1.165, 1.54) is 40.9 Å². The molecule has 0 bridgehead atoms. The lowest BCUT2D eigenvalue weighted by molar-refractivity contribution is -0.384. The summed E-state index contributed by atoms with van der Waals surface area (Å²) in [5, 5.41) is 11.3. The van der Waals surface area contributed by atoms with Gasteiger partial charge in [-0.2, -0.15) is 0 Å². The van der Waals surface area contributed by atoms with Gasteiger partial charge in [-0.1, -0.05) is 25.6 Å². The van der Waals surface area contributed by atoms with Crippen LogP contribution in [0.1, 0.15) is 25.8 Å². The van der Waals surface area contributed by atoms with Crippen LogP contribution in [0.5, 0.6) is 0 Å². The van der Waals surface area contributed by atoms with Crippen LogP contribution in [0, 0.1) is 22.0 Å². The molecule has 2 aliphatic rings. The maximum absolute atomic E-state index is 13.0. The lowest BCUT2D eigenvalue weighted by atomic mass is 9.79. The Morgan fingerprint density at radius 2 is 1.97 bits per heavy atom. The number of hydrogen-bond acceptors (Lipinski definition) is 8. The molecule has 160 valence electrons. The molecule has 0 radical (unpaired) electrons. The number of esters is 1. The van der Waals surface area contributed by atoms with Crippen molar-refractivity contribution in [2.24, 2.45) is 11.8 Å². The number of fused-ring (bicyclic) bond motifs is 1. The van der Waals surface area contributed by atoms with Gasteiger partial charge in [0.2, 0.25) is 5.91 Å². The lowest BCUT2D eigenvalue weighted by Gasteiger charge is -2.45. The molecule has 1 amide bonds. The van der Waals surface area contributed by atoms with Gasteiger partial charge >= 0.3 is 5.97 Å². The van der Waals surface area contributed by atoms with Crippen LogP contribution in [0.4, 0.5) is 5.69 Å². The molecule has 2 aliphatic heterocycles. The Hall–Kier alpha value is -3.27. The molecule has 1 saturated heterocycles. The highest BCUT2D eigenvalue weighted by atomic mass is 32.2. The monoisotopic (exact) mass is 440 g/mol. The number of aromatic nitrogens is 2. The topological polar surface area (TPSA) is 116 Å². The summed E-state index contributed by atoms with van der Waals surface area (Å²) in [4.78, 5) is 46.7. The number of rotatable bonds is 7. The Morgan fingerprint density at radius 3 is 2.58 bits per heavy atom. The van der Waals surface area contributed by atoms with Crippen molar-refractivity contribution in [1.82, 2.24) is 14.9 Å². The van der Waals surface area contributed by atoms with Gasteiger partial charge in [-0.3, -0.25) is 14.9 Å². The third kappa shape index (κ3) is 4.02. The van der Waals surface area contributed by atoms with Crippen molar-refractivity contribution in [3.8, 4) is 0 Å². The molecule has 1 aromatic carbocycles. The fourth-order valence-corrected chi connectivity index (χ4v) is 4.87. The summed E-state index contributed by atoms with van der Waals surface area (Å²) in [6, 6.07) is 7.42. The van der Waals surface area contributed by atoms with Gasteiger partial charge in [-0.15, -0.1) is 0 Å². The zero-order valence-corrected chi connectivity index (χ0v) is 17.7. The fourth-order valence-electron chi connectivity index (χ4n) is 3.89. The molecule has 10 heteroatoms. The summed E-state index contributed by atoms with van der Waals surface area (Å²) in [6.07, 6.45) is 3.79. The molecule has 2 unspecified atom stereocenters. The highest BCUT2D eigenvalue weighted by Gasteiger charge is 2.56. The van der Waals surface area contributed by atoms with E-state index in [2.05, 4.69) is 9.97 Å².